The van der Waals surface area contributed by atoms with Crippen LogP contribution in [0.4, 0.5) is 5.69 Å². The van der Waals surface area contributed by atoms with E-state index in [2.05, 4.69) is 10.3 Å². The van der Waals surface area contributed by atoms with E-state index in [0.717, 1.165) is 10.5 Å². The van der Waals surface area contributed by atoms with Crippen LogP contribution in [0.2, 0.25) is 0 Å². The molecular formula is C11H11N3S2. The summed E-state index contributed by atoms with van der Waals surface area (Å²) in [5.41, 5.74) is 0.954. The number of nitrogens with zero attached hydrogens (tertiary/aromatic N) is 2. The van der Waals surface area contributed by atoms with E-state index in [1.165, 1.54) is 0 Å². The lowest BCUT2D eigenvalue weighted by atomic mass is 10.3. The number of thiazole rings is 1. The molecule has 0 saturated heterocycles. The first-order valence-corrected chi connectivity index (χ1v) is 6.05. The third kappa shape index (κ3) is 2.77. The lowest BCUT2D eigenvalue weighted by molar-refractivity contribution is 0.878. The topological polar surface area (TPSA) is 29.3 Å². The van der Waals surface area contributed by atoms with Crippen LogP contribution in [0.25, 0.3) is 0 Å². The Hall–Kier alpha value is -1.46. The highest BCUT2D eigenvalue weighted by Crippen LogP contribution is 2.05. The van der Waals surface area contributed by atoms with Crippen LogP contribution in [0.1, 0.15) is 0 Å². The van der Waals surface area contributed by atoms with Crippen molar-refractivity contribution in [1.29, 1.82) is 0 Å². The van der Waals surface area contributed by atoms with E-state index < -0.39 is 0 Å². The van der Waals surface area contributed by atoms with Gasteiger partial charge in [-0.25, -0.2) is 0 Å². The van der Waals surface area contributed by atoms with E-state index in [9.17, 15) is 0 Å². The summed E-state index contributed by atoms with van der Waals surface area (Å²) in [5.74, 6) is 0. The molecule has 0 saturated carbocycles. The summed E-state index contributed by atoms with van der Waals surface area (Å²) in [6, 6.07) is 9.78. The van der Waals surface area contributed by atoms with Crippen molar-refractivity contribution in [3.05, 3.63) is 46.7 Å². The molecule has 0 fully saturated rings. The van der Waals surface area contributed by atoms with Crippen molar-refractivity contribution in [3.63, 3.8) is 0 Å². The number of para-hydroxylation sites is 1. The van der Waals surface area contributed by atoms with Gasteiger partial charge < -0.3 is 9.88 Å². The molecule has 0 bridgehead atoms. The van der Waals surface area contributed by atoms with Gasteiger partial charge in [-0.05, 0) is 24.4 Å². The molecule has 0 spiro atoms. The summed E-state index contributed by atoms with van der Waals surface area (Å²) in [7, 11) is 1.94. The zero-order valence-corrected chi connectivity index (χ0v) is 10.4. The van der Waals surface area contributed by atoms with Gasteiger partial charge in [0.15, 0.2) is 9.91 Å². The molecular weight excluding hydrogens is 238 g/mol. The first kappa shape index (κ1) is 11.0. The molecule has 5 heteroatoms. The zero-order chi connectivity index (χ0) is 11.4. The van der Waals surface area contributed by atoms with Crippen LogP contribution >= 0.6 is 23.6 Å². The number of anilines is 1. The van der Waals surface area contributed by atoms with Crippen LogP contribution in [0.3, 0.4) is 0 Å². The summed E-state index contributed by atoms with van der Waals surface area (Å²) >= 11 is 6.72. The SMILES string of the molecule is Cn1ccs/c1=N/C(=S)Nc1ccccc1. The molecule has 0 unspecified atom stereocenters. The quantitative estimate of drug-likeness (QED) is 0.786. The van der Waals surface area contributed by atoms with Crippen molar-refractivity contribution >= 4 is 34.4 Å². The third-order valence-electron chi connectivity index (χ3n) is 1.98. The van der Waals surface area contributed by atoms with E-state index in [1.807, 2.05) is 53.5 Å². The largest absolute Gasteiger partial charge is 0.331 e. The molecule has 0 amide bonds. The van der Waals surface area contributed by atoms with Gasteiger partial charge in [0, 0.05) is 24.3 Å². The van der Waals surface area contributed by atoms with Crippen LogP contribution in [0.5, 0.6) is 0 Å². The molecule has 0 aliphatic heterocycles. The molecule has 82 valence electrons. The van der Waals surface area contributed by atoms with Crippen LogP contribution in [-0.4, -0.2) is 9.68 Å². The van der Waals surface area contributed by atoms with E-state index in [0.29, 0.717) is 5.11 Å². The Bertz CT molecular complexity index is 540. The van der Waals surface area contributed by atoms with Gasteiger partial charge in [0.1, 0.15) is 0 Å². The molecule has 2 rings (SSSR count). The summed E-state index contributed by atoms with van der Waals surface area (Å²) < 4.78 is 1.93. The van der Waals surface area contributed by atoms with Gasteiger partial charge in [0.2, 0.25) is 0 Å². The number of aryl methyl sites for hydroxylation is 1. The summed E-state index contributed by atoms with van der Waals surface area (Å²) in [5, 5.41) is 5.52. The highest BCUT2D eigenvalue weighted by Gasteiger charge is 1.95. The number of benzene rings is 1. The van der Waals surface area contributed by atoms with Crippen molar-refractivity contribution in [1.82, 2.24) is 4.57 Å². The minimum atomic E-state index is 0.476. The molecule has 1 N–H and O–H groups in total. The Morgan fingerprint density at radius 2 is 2.12 bits per heavy atom. The minimum absolute atomic E-state index is 0.476. The predicted octanol–water partition coefficient (Wildman–Crippen LogP) is 2.38. The second kappa shape index (κ2) is 5.05. The Balaban J connectivity index is 2.14. The first-order valence-electron chi connectivity index (χ1n) is 4.76. The standard InChI is InChI=1S/C11H11N3S2/c1-14-7-8-16-11(14)13-10(15)12-9-5-3-2-4-6-9/h2-8H,1H3,(H,12,15)/b13-11+. The Morgan fingerprint density at radius 1 is 1.38 bits per heavy atom. The molecule has 0 aliphatic rings. The monoisotopic (exact) mass is 249 g/mol. The Kier molecular flexibility index (Phi) is 3.48. The highest BCUT2D eigenvalue weighted by molar-refractivity contribution is 7.80. The predicted molar refractivity (Wildman–Crippen MR) is 71.5 cm³/mol. The van der Waals surface area contributed by atoms with Crippen LogP contribution in [0.15, 0.2) is 46.9 Å². The fraction of sp³-hybridized carbons (Fsp3) is 0.0909. The molecule has 0 radical (unpaired) electrons. The lowest BCUT2D eigenvalue weighted by Gasteiger charge is -2.02. The van der Waals surface area contributed by atoms with Gasteiger partial charge in [0.05, 0.1) is 0 Å². The molecule has 1 heterocycles. The number of thiocarbonyl (C=S) groups is 1. The maximum Gasteiger partial charge on any atom is 0.199 e. The second-order valence-electron chi connectivity index (χ2n) is 3.20. The van der Waals surface area contributed by atoms with E-state index in [4.69, 9.17) is 12.2 Å². The molecule has 3 nitrogen and oxygen atoms in total. The van der Waals surface area contributed by atoms with Crippen molar-refractivity contribution in [2.24, 2.45) is 12.0 Å². The third-order valence-corrected chi connectivity index (χ3v) is 3.02. The lowest BCUT2D eigenvalue weighted by Crippen LogP contribution is -2.15. The summed E-state index contributed by atoms with van der Waals surface area (Å²) in [4.78, 5) is 5.20. The number of aromatic nitrogens is 1. The number of hydrogen-bond acceptors (Lipinski definition) is 2. The molecule has 0 atom stereocenters. The zero-order valence-electron chi connectivity index (χ0n) is 8.75. The fourth-order valence-corrected chi connectivity index (χ4v) is 2.19. The van der Waals surface area contributed by atoms with Crippen molar-refractivity contribution in [2.45, 2.75) is 0 Å². The molecule has 2 aromatic rings. The minimum Gasteiger partial charge on any atom is -0.331 e. The van der Waals surface area contributed by atoms with Gasteiger partial charge in [-0.2, -0.15) is 4.99 Å². The molecule has 0 aliphatic carbocycles. The van der Waals surface area contributed by atoms with Crippen LogP contribution < -0.4 is 10.1 Å². The smallest absolute Gasteiger partial charge is 0.199 e. The van der Waals surface area contributed by atoms with E-state index >= 15 is 0 Å². The van der Waals surface area contributed by atoms with Crippen molar-refractivity contribution in [2.75, 3.05) is 5.32 Å². The number of rotatable bonds is 1. The van der Waals surface area contributed by atoms with Gasteiger partial charge in [-0.1, -0.05) is 18.2 Å². The normalized spacial score (nSPS) is 11.4. The Morgan fingerprint density at radius 3 is 2.75 bits per heavy atom. The average Bonchev–Trinajstić information content (AvgIpc) is 2.66. The highest BCUT2D eigenvalue weighted by atomic mass is 32.1. The van der Waals surface area contributed by atoms with Crippen molar-refractivity contribution in [3.8, 4) is 0 Å². The molecule has 1 aromatic heterocycles. The van der Waals surface area contributed by atoms with E-state index in [-0.39, 0.29) is 0 Å². The first-order chi connectivity index (χ1) is 7.75. The van der Waals surface area contributed by atoms with Crippen LogP contribution in [0, 0.1) is 0 Å². The second-order valence-corrected chi connectivity index (χ2v) is 4.46. The van der Waals surface area contributed by atoms with Crippen molar-refractivity contribution < 1.29 is 0 Å². The maximum atomic E-state index is 5.16. The average molecular weight is 249 g/mol. The van der Waals surface area contributed by atoms with Crippen LogP contribution in [-0.2, 0) is 7.05 Å². The van der Waals surface area contributed by atoms with Gasteiger partial charge in [0.25, 0.3) is 0 Å². The molecule has 1 aromatic carbocycles. The van der Waals surface area contributed by atoms with Gasteiger partial charge in [-0.3, -0.25) is 0 Å². The molecule has 16 heavy (non-hydrogen) atoms. The van der Waals surface area contributed by atoms with Gasteiger partial charge in [-0.15, -0.1) is 11.3 Å². The maximum absolute atomic E-state index is 5.16. The number of nitrogens with one attached hydrogen (secondary N) is 1. The Labute approximate surface area is 103 Å². The number of hydrogen-bond donors (Lipinski definition) is 1. The summed E-state index contributed by atoms with van der Waals surface area (Å²) in [6.45, 7) is 0. The fourth-order valence-electron chi connectivity index (χ4n) is 1.19. The van der Waals surface area contributed by atoms with Gasteiger partial charge >= 0.3 is 0 Å². The summed E-state index contributed by atoms with van der Waals surface area (Å²) in [6.07, 6.45) is 1.95. The van der Waals surface area contributed by atoms with E-state index in [1.54, 1.807) is 11.3 Å².